The van der Waals surface area contributed by atoms with Crippen LogP contribution in [0, 0.1) is 0 Å². The predicted molar refractivity (Wildman–Crippen MR) is 37.0 cm³/mol. The van der Waals surface area contributed by atoms with Crippen molar-refractivity contribution in [1.29, 1.82) is 0 Å². The van der Waals surface area contributed by atoms with Crippen molar-refractivity contribution in [3.05, 3.63) is 0 Å². The van der Waals surface area contributed by atoms with Crippen LogP contribution in [-0.2, 0) is 14.3 Å². The van der Waals surface area contributed by atoms with Gasteiger partial charge in [0.2, 0.25) is 5.91 Å². The number of hydrogen-bond donors (Lipinski definition) is 1. The van der Waals surface area contributed by atoms with Crippen molar-refractivity contribution in [1.82, 2.24) is 0 Å². The molecule has 0 saturated carbocycles. The fourth-order valence-corrected chi connectivity index (χ4v) is 0.652. The van der Waals surface area contributed by atoms with Gasteiger partial charge in [-0.15, -0.1) is 12.4 Å². The molecular formula is C5H10ClNO3. The first-order chi connectivity index (χ1) is 4.30. The summed E-state index contributed by atoms with van der Waals surface area (Å²) in [5.41, 5.74) is 4.92. The van der Waals surface area contributed by atoms with Crippen LogP contribution in [0.4, 0.5) is 0 Å². The minimum Gasteiger partial charge on any atom is -0.376 e. The number of amides is 1. The Morgan fingerprint density at radius 2 is 2.20 bits per heavy atom. The van der Waals surface area contributed by atoms with E-state index < -0.39 is 12.0 Å². The van der Waals surface area contributed by atoms with Gasteiger partial charge < -0.3 is 15.2 Å². The molecule has 0 bridgehead atoms. The molecule has 1 atom stereocenters. The van der Waals surface area contributed by atoms with E-state index in [0.29, 0.717) is 19.8 Å². The molecule has 2 N–H and O–H groups in total. The van der Waals surface area contributed by atoms with Gasteiger partial charge in [0.25, 0.3) is 0 Å². The molecule has 0 aromatic carbocycles. The van der Waals surface area contributed by atoms with Crippen LogP contribution in [0.1, 0.15) is 0 Å². The van der Waals surface area contributed by atoms with E-state index in [1.54, 1.807) is 0 Å². The maximum atomic E-state index is 10.4. The normalized spacial score (nSPS) is 25.0. The fourth-order valence-electron chi connectivity index (χ4n) is 0.652. The number of ether oxygens (including phenoxy) is 2. The van der Waals surface area contributed by atoms with E-state index >= 15 is 0 Å². The van der Waals surface area contributed by atoms with Gasteiger partial charge >= 0.3 is 0 Å². The molecule has 4 nitrogen and oxygen atoms in total. The molecule has 60 valence electrons. The summed E-state index contributed by atoms with van der Waals surface area (Å²) in [5.74, 6) is -0.449. The minimum absolute atomic E-state index is 0. The van der Waals surface area contributed by atoms with E-state index in [-0.39, 0.29) is 12.4 Å². The van der Waals surface area contributed by atoms with Crippen molar-refractivity contribution in [3.8, 4) is 0 Å². The first-order valence-electron chi connectivity index (χ1n) is 2.79. The van der Waals surface area contributed by atoms with Gasteiger partial charge in [-0.1, -0.05) is 0 Å². The third-order valence-corrected chi connectivity index (χ3v) is 1.13. The molecular weight excluding hydrogens is 158 g/mol. The van der Waals surface area contributed by atoms with Crippen LogP contribution in [0.3, 0.4) is 0 Å². The first kappa shape index (κ1) is 9.68. The van der Waals surface area contributed by atoms with Gasteiger partial charge in [0.05, 0.1) is 19.8 Å². The first-order valence-corrected chi connectivity index (χ1v) is 2.79. The Morgan fingerprint density at radius 1 is 1.50 bits per heavy atom. The molecule has 1 aliphatic heterocycles. The number of carbonyl (C=O) groups is 1. The zero-order chi connectivity index (χ0) is 6.69. The lowest BCUT2D eigenvalue weighted by Crippen LogP contribution is -2.39. The fraction of sp³-hybridized carbons (Fsp3) is 0.800. The van der Waals surface area contributed by atoms with Gasteiger partial charge in [-0.2, -0.15) is 0 Å². The maximum absolute atomic E-state index is 10.4. The van der Waals surface area contributed by atoms with E-state index in [9.17, 15) is 4.79 Å². The van der Waals surface area contributed by atoms with Crippen LogP contribution in [0.15, 0.2) is 0 Å². The quantitative estimate of drug-likeness (QED) is 0.562. The van der Waals surface area contributed by atoms with Crippen molar-refractivity contribution in [2.24, 2.45) is 5.73 Å². The highest BCUT2D eigenvalue weighted by Gasteiger charge is 2.18. The number of halogens is 1. The summed E-state index contributed by atoms with van der Waals surface area (Å²) in [6.45, 7) is 1.33. The average Bonchev–Trinajstić information content (AvgIpc) is 1.90. The van der Waals surface area contributed by atoms with E-state index in [0.717, 1.165) is 0 Å². The Balaban J connectivity index is 0.000000810. The van der Waals surface area contributed by atoms with Crippen LogP contribution in [0.25, 0.3) is 0 Å². The number of primary amides is 1. The maximum Gasteiger partial charge on any atom is 0.248 e. The SMILES string of the molecule is Cl.NC(=O)[C@H]1COCCO1. The molecule has 10 heavy (non-hydrogen) atoms. The third-order valence-electron chi connectivity index (χ3n) is 1.13. The Morgan fingerprint density at radius 3 is 2.50 bits per heavy atom. The highest BCUT2D eigenvalue weighted by atomic mass is 35.5. The molecule has 0 spiro atoms. The second-order valence-electron chi connectivity index (χ2n) is 1.84. The molecule has 1 aliphatic rings. The van der Waals surface area contributed by atoms with Gasteiger partial charge in [-0.3, -0.25) is 4.79 Å². The van der Waals surface area contributed by atoms with E-state index in [2.05, 4.69) is 0 Å². The lowest BCUT2D eigenvalue weighted by Gasteiger charge is -2.19. The summed E-state index contributed by atoms with van der Waals surface area (Å²) in [6, 6.07) is 0. The number of rotatable bonds is 1. The van der Waals surface area contributed by atoms with E-state index in [4.69, 9.17) is 15.2 Å². The Hall–Kier alpha value is -0.320. The topological polar surface area (TPSA) is 61.6 Å². The largest absolute Gasteiger partial charge is 0.376 e. The Bertz CT molecular complexity index is 113. The second-order valence-corrected chi connectivity index (χ2v) is 1.84. The average molecular weight is 168 g/mol. The molecule has 0 aliphatic carbocycles. The van der Waals surface area contributed by atoms with Crippen LogP contribution >= 0.6 is 12.4 Å². The van der Waals surface area contributed by atoms with Gasteiger partial charge in [0.15, 0.2) is 6.10 Å². The number of hydrogen-bond acceptors (Lipinski definition) is 3. The third kappa shape index (κ3) is 2.51. The Labute approximate surface area is 65.1 Å². The van der Waals surface area contributed by atoms with Crippen LogP contribution < -0.4 is 5.73 Å². The molecule has 1 amide bonds. The highest BCUT2D eigenvalue weighted by molar-refractivity contribution is 5.85. The van der Waals surface area contributed by atoms with Crippen LogP contribution in [0.2, 0.25) is 0 Å². The van der Waals surface area contributed by atoms with Crippen molar-refractivity contribution in [3.63, 3.8) is 0 Å². The van der Waals surface area contributed by atoms with E-state index in [1.807, 2.05) is 0 Å². The smallest absolute Gasteiger partial charge is 0.248 e. The summed E-state index contributed by atoms with van der Waals surface area (Å²) >= 11 is 0. The van der Waals surface area contributed by atoms with Crippen LogP contribution in [-0.4, -0.2) is 31.8 Å². The lowest BCUT2D eigenvalue weighted by molar-refractivity contribution is -0.144. The van der Waals surface area contributed by atoms with Crippen molar-refractivity contribution >= 4 is 18.3 Å². The lowest BCUT2D eigenvalue weighted by atomic mass is 10.3. The standard InChI is InChI=1S/C5H9NO3.ClH/c6-5(7)4-3-8-1-2-9-4;/h4H,1-3H2,(H2,6,7);1H/t4-;/m1./s1. The summed E-state index contributed by atoms with van der Waals surface area (Å²) in [5, 5.41) is 0. The van der Waals surface area contributed by atoms with Gasteiger partial charge in [-0.05, 0) is 0 Å². The van der Waals surface area contributed by atoms with Crippen molar-refractivity contribution in [2.45, 2.75) is 6.10 Å². The predicted octanol–water partition coefficient (Wildman–Crippen LogP) is -0.691. The van der Waals surface area contributed by atoms with Crippen molar-refractivity contribution < 1.29 is 14.3 Å². The van der Waals surface area contributed by atoms with Gasteiger partial charge in [0, 0.05) is 0 Å². The molecule has 0 aromatic rings. The number of carbonyl (C=O) groups excluding carboxylic acids is 1. The van der Waals surface area contributed by atoms with Gasteiger partial charge in [0.1, 0.15) is 0 Å². The second kappa shape index (κ2) is 4.49. The van der Waals surface area contributed by atoms with E-state index in [1.165, 1.54) is 0 Å². The van der Waals surface area contributed by atoms with Crippen LogP contribution in [0.5, 0.6) is 0 Å². The molecule has 1 heterocycles. The summed E-state index contributed by atoms with van der Waals surface area (Å²) < 4.78 is 9.86. The molecule has 1 rings (SSSR count). The molecule has 0 radical (unpaired) electrons. The molecule has 1 fully saturated rings. The molecule has 5 heteroatoms. The van der Waals surface area contributed by atoms with Gasteiger partial charge in [-0.25, -0.2) is 0 Å². The summed E-state index contributed by atoms with van der Waals surface area (Å²) in [4.78, 5) is 10.4. The van der Waals surface area contributed by atoms with Crippen molar-refractivity contribution in [2.75, 3.05) is 19.8 Å². The zero-order valence-corrected chi connectivity index (χ0v) is 6.23. The molecule has 0 unspecified atom stereocenters. The molecule has 1 saturated heterocycles. The minimum atomic E-state index is -0.529. The molecule has 0 aromatic heterocycles. The highest BCUT2D eigenvalue weighted by Crippen LogP contribution is 1.98. The monoisotopic (exact) mass is 167 g/mol. The Kier molecular flexibility index (Phi) is 4.34. The summed E-state index contributed by atoms with van der Waals surface area (Å²) in [7, 11) is 0. The summed E-state index contributed by atoms with van der Waals surface area (Å²) in [6.07, 6.45) is -0.529. The zero-order valence-electron chi connectivity index (χ0n) is 5.41. The number of nitrogens with two attached hydrogens (primary N) is 1.